The molecule has 1 heterocycles. The molecule has 124 valence electrons. The Labute approximate surface area is 136 Å². The molecule has 1 aromatic rings. The first kappa shape index (κ1) is 17.2. The maximum absolute atomic E-state index is 12.7. The van der Waals surface area contributed by atoms with Crippen molar-refractivity contribution >= 4 is 23.4 Å². The van der Waals surface area contributed by atoms with Crippen molar-refractivity contribution in [2.75, 3.05) is 17.3 Å². The molecule has 1 saturated carbocycles. The van der Waals surface area contributed by atoms with Crippen molar-refractivity contribution in [1.82, 2.24) is 9.36 Å². The van der Waals surface area contributed by atoms with Gasteiger partial charge >= 0.3 is 0 Å². The van der Waals surface area contributed by atoms with E-state index in [1.54, 1.807) is 11.8 Å². The van der Waals surface area contributed by atoms with Crippen LogP contribution in [0.2, 0.25) is 0 Å². The first-order valence-electron chi connectivity index (χ1n) is 8.05. The summed E-state index contributed by atoms with van der Waals surface area (Å²) in [5.74, 6) is 0.585. The van der Waals surface area contributed by atoms with E-state index in [1.807, 2.05) is 36.5 Å². The summed E-state index contributed by atoms with van der Waals surface area (Å²) in [6, 6.07) is 0.263. The number of aromatic nitrogens is 2. The van der Waals surface area contributed by atoms with Crippen LogP contribution in [-0.4, -0.2) is 27.3 Å². The maximum Gasteiger partial charge on any atom is 0.290 e. The lowest BCUT2D eigenvalue weighted by atomic mass is 9.96. The smallest absolute Gasteiger partial charge is 0.290 e. The van der Waals surface area contributed by atoms with Crippen LogP contribution in [0.25, 0.3) is 0 Å². The van der Waals surface area contributed by atoms with E-state index in [1.165, 1.54) is 19.3 Å². The zero-order valence-electron chi connectivity index (χ0n) is 14.0. The Hall–Kier alpha value is -1.17. The SMILES string of the molecule is CSCC(C)C(=O)Nc1c(C)n(C)n(C2CCCCC2)c1=O. The van der Waals surface area contributed by atoms with Gasteiger partial charge in [0, 0.05) is 18.7 Å². The van der Waals surface area contributed by atoms with Crippen LogP contribution >= 0.6 is 11.8 Å². The van der Waals surface area contributed by atoms with Gasteiger partial charge in [0.2, 0.25) is 5.91 Å². The molecule has 1 unspecified atom stereocenters. The normalized spacial score (nSPS) is 17.5. The second-order valence-electron chi connectivity index (χ2n) is 6.27. The summed E-state index contributed by atoms with van der Waals surface area (Å²) in [4.78, 5) is 25.0. The summed E-state index contributed by atoms with van der Waals surface area (Å²) >= 11 is 1.64. The van der Waals surface area contributed by atoms with Gasteiger partial charge in [-0.2, -0.15) is 11.8 Å². The van der Waals surface area contributed by atoms with Crippen molar-refractivity contribution in [3.05, 3.63) is 16.0 Å². The lowest BCUT2D eigenvalue weighted by Gasteiger charge is -2.24. The molecule has 1 aromatic heterocycles. The van der Waals surface area contributed by atoms with Crippen LogP contribution in [-0.2, 0) is 11.8 Å². The molecule has 0 radical (unpaired) electrons. The lowest BCUT2D eigenvalue weighted by Crippen LogP contribution is -2.30. The Kier molecular flexibility index (Phi) is 5.78. The Morgan fingerprint density at radius 1 is 1.36 bits per heavy atom. The molecule has 0 aromatic carbocycles. The van der Waals surface area contributed by atoms with Gasteiger partial charge in [-0.25, -0.2) is 4.68 Å². The fourth-order valence-corrected chi connectivity index (χ4v) is 3.83. The van der Waals surface area contributed by atoms with Gasteiger partial charge in [0.05, 0.1) is 11.7 Å². The monoisotopic (exact) mass is 325 g/mol. The van der Waals surface area contributed by atoms with Crippen LogP contribution < -0.4 is 10.9 Å². The third-order valence-corrected chi connectivity index (χ3v) is 5.46. The number of rotatable bonds is 5. The predicted molar refractivity (Wildman–Crippen MR) is 92.7 cm³/mol. The molecule has 22 heavy (non-hydrogen) atoms. The molecule has 1 aliphatic rings. The molecule has 0 saturated heterocycles. The Bertz CT molecular complexity index is 585. The largest absolute Gasteiger partial charge is 0.320 e. The second kappa shape index (κ2) is 7.40. The highest BCUT2D eigenvalue weighted by Crippen LogP contribution is 2.28. The van der Waals surface area contributed by atoms with Gasteiger partial charge in [0.1, 0.15) is 5.69 Å². The minimum Gasteiger partial charge on any atom is -0.320 e. The maximum atomic E-state index is 12.7. The van der Waals surface area contributed by atoms with E-state index >= 15 is 0 Å². The van der Waals surface area contributed by atoms with Gasteiger partial charge in [0.15, 0.2) is 0 Å². The minimum atomic E-state index is -0.0999. The number of hydrogen-bond acceptors (Lipinski definition) is 3. The number of hydrogen-bond donors (Lipinski definition) is 1. The van der Waals surface area contributed by atoms with Crippen molar-refractivity contribution in [3.63, 3.8) is 0 Å². The average molecular weight is 325 g/mol. The first-order valence-corrected chi connectivity index (χ1v) is 9.44. The number of carbonyl (C=O) groups excluding carboxylic acids is 1. The van der Waals surface area contributed by atoms with Crippen LogP contribution in [0.5, 0.6) is 0 Å². The fraction of sp³-hybridized carbons (Fsp3) is 0.750. The summed E-state index contributed by atoms with van der Waals surface area (Å²) < 4.78 is 3.75. The highest BCUT2D eigenvalue weighted by Gasteiger charge is 2.25. The molecular weight excluding hydrogens is 298 g/mol. The van der Waals surface area contributed by atoms with Gasteiger partial charge in [-0.15, -0.1) is 0 Å². The van der Waals surface area contributed by atoms with E-state index in [-0.39, 0.29) is 23.4 Å². The number of amides is 1. The molecule has 1 aliphatic carbocycles. The van der Waals surface area contributed by atoms with Crippen molar-refractivity contribution in [2.24, 2.45) is 13.0 Å². The third-order valence-electron chi connectivity index (χ3n) is 4.63. The van der Waals surface area contributed by atoms with E-state index in [9.17, 15) is 9.59 Å². The molecule has 0 bridgehead atoms. The standard InChI is InChI=1S/C16H27N3O2S/c1-11(10-22-4)15(20)17-14-12(2)18(3)19(16(14)21)13-8-6-5-7-9-13/h11,13H,5-10H2,1-4H3,(H,17,20). The van der Waals surface area contributed by atoms with E-state index in [0.29, 0.717) is 5.69 Å². The van der Waals surface area contributed by atoms with Gasteiger partial charge < -0.3 is 5.32 Å². The Morgan fingerprint density at radius 2 is 2.00 bits per heavy atom. The number of nitrogens with zero attached hydrogens (tertiary/aromatic N) is 2. The summed E-state index contributed by atoms with van der Waals surface area (Å²) in [5.41, 5.74) is 1.22. The average Bonchev–Trinajstić information content (AvgIpc) is 2.72. The molecule has 1 amide bonds. The number of thioether (sulfide) groups is 1. The second-order valence-corrected chi connectivity index (χ2v) is 7.18. The lowest BCUT2D eigenvalue weighted by molar-refractivity contribution is -0.118. The van der Waals surface area contributed by atoms with Crippen molar-refractivity contribution in [1.29, 1.82) is 0 Å². The molecule has 6 heteroatoms. The van der Waals surface area contributed by atoms with Crippen LogP contribution in [0.15, 0.2) is 4.79 Å². The molecule has 1 atom stereocenters. The summed E-state index contributed by atoms with van der Waals surface area (Å²) in [6.45, 7) is 3.79. The van der Waals surface area contributed by atoms with Crippen LogP contribution in [0.4, 0.5) is 5.69 Å². The molecule has 0 aliphatic heterocycles. The van der Waals surface area contributed by atoms with Crippen molar-refractivity contribution in [3.8, 4) is 0 Å². The quantitative estimate of drug-likeness (QED) is 0.905. The van der Waals surface area contributed by atoms with Crippen LogP contribution in [0.1, 0.15) is 50.8 Å². The van der Waals surface area contributed by atoms with Crippen LogP contribution in [0.3, 0.4) is 0 Å². The highest BCUT2D eigenvalue weighted by atomic mass is 32.2. The van der Waals surface area contributed by atoms with Gasteiger partial charge in [-0.05, 0) is 26.0 Å². The fourth-order valence-electron chi connectivity index (χ4n) is 3.18. The van der Waals surface area contributed by atoms with Gasteiger partial charge in [-0.1, -0.05) is 26.2 Å². The summed E-state index contributed by atoms with van der Waals surface area (Å²) in [5, 5.41) is 2.86. The van der Waals surface area contributed by atoms with Gasteiger partial charge in [0.25, 0.3) is 5.56 Å². The molecular formula is C16H27N3O2S. The predicted octanol–water partition coefficient (Wildman–Crippen LogP) is 2.94. The minimum absolute atomic E-state index is 0.0587. The Morgan fingerprint density at radius 3 is 2.59 bits per heavy atom. The van der Waals surface area contributed by atoms with Crippen LogP contribution in [0, 0.1) is 12.8 Å². The molecule has 2 rings (SSSR count). The van der Waals surface area contributed by atoms with Gasteiger partial charge in [-0.3, -0.25) is 14.3 Å². The zero-order chi connectivity index (χ0) is 16.3. The van der Waals surface area contributed by atoms with E-state index in [2.05, 4.69) is 5.32 Å². The first-order chi connectivity index (χ1) is 10.5. The third kappa shape index (κ3) is 3.42. The molecule has 1 N–H and O–H groups in total. The molecule has 1 fully saturated rings. The van der Waals surface area contributed by atoms with E-state index in [0.717, 1.165) is 24.3 Å². The number of carbonyl (C=O) groups is 1. The van der Waals surface area contributed by atoms with E-state index < -0.39 is 0 Å². The number of nitrogens with one attached hydrogen (secondary N) is 1. The summed E-state index contributed by atoms with van der Waals surface area (Å²) in [7, 11) is 1.91. The van der Waals surface area contributed by atoms with Crippen molar-refractivity contribution in [2.45, 2.75) is 52.0 Å². The topological polar surface area (TPSA) is 56.0 Å². The Balaban J connectivity index is 2.26. The zero-order valence-corrected chi connectivity index (χ0v) is 14.8. The summed E-state index contributed by atoms with van der Waals surface area (Å²) in [6.07, 6.45) is 7.68. The number of anilines is 1. The van der Waals surface area contributed by atoms with Crippen molar-refractivity contribution < 1.29 is 4.79 Å². The molecule has 5 nitrogen and oxygen atoms in total. The molecule has 0 spiro atoms. The van der Waals surface area contributed by atoms with E-state index in [4.69, 9.17) is 0 Å². The highest BCUT2D eigenvalue weighted by molar-refractivity contribution is 7.98.